The standard InChI is InChI=1S/C10H12BrN3/c1-10(2,3)7-6-14-8(11)4-13-9(14)5-12-7/h4-6H,1-3H3. The highest BCUT2D eigenvalue weighted by Gasteiger charge is 2.16. The van der Waals surface area contributed by atoms with Crippen molar-refractivity contribution >= 4 is 21.6 Å². The summed E-state index contributed by atoms with van der Waals surface area (Å²) in [5, 5.41) is 0. The van der Waals surface area contributed by atoms with Crippen LogP contribution in [-0.4, -0.2) is 14.4 Å². The van der Waals surface area contributed by atoms with Crippen LogP contribution in [0.1, 0.15) is 26.5 Å². The Kier molecular flexibility index (Phi) is 2.10. The van der Waals surface area contributed by atoms with Crippen molar-refractivity contribution in [2.75, 3.05) is 0 Å². The Bertz CT molecular complexity index is 468. The molecule has 0 atom stereocenters. The second-order valence-corrected chi connectivity index (χ2v) is 5.14. The van der Waals surface area contributed by atoms with E-state index in [0.717, 1.165) is 15.9 Å². The lowest BCUT2D eigenvalue weighted by molar-refractivity contribution is 0.564. The summed E-state index contributed by atoms with van der Waals surface area (Å²) in [6, 6.07) is 0. The number of nitrogens with zero attached hydrogens (tertiary/aromatic N) is 3. The normalized spacial score (nSPS) is 12.3. The smallest absolute Gasteiger partial charge is 0.156 e. The van der Waals surface area contributed by atoms with Crippen LogP contribution in [-0.2, 0) is 5.41 Å². The van der Waals surface area contributed by atoms with E-state index in [2.05, 4.69) is 46.7 Å². The van der Waals surface area contributed by atoms with Crippen molar-refractivity contribution in [2.24, 2.45) is 0 Å². The maximum Gasteiger partial charge on any atom is 0.156 e. The highest BCUT2D eigenvalue weighted by molar-refractivity contribution is 9.10. The predicted molar refractivity (Wildman–Crippen MR) is 59.4 cm³/mol. The van der Waals surface area contributed by atoms with E-state index in [0.29, 0.717) is 0 Å². The molecule has 0 aliphatic carbocycles. The molecule has 2 aromatic heterocycles. The monoisotopic (exact) mass is 253 g/mol. The zero-order valence-electron chi connectivity index (χ0n) is 8.45. The summed E-state index contributed by atoms with van der Waals surface area (Å²) in [5.74, 6) is 0. The van der Waals surface area contributed by atoms with Gasteiger partial charge in [-0.2, -0.15) is 0 Å². The molecule has 74 valence electrons. The summed E-state index contributed by atoms with van der Waals surface area (Å²) in [5.41, 5.74) is 1.99. The van der Waals surface area contributed by atoms with Crippen LogP contribution >= 0.6 is 15.9 Å². The zero-order chi connectivity index (χ0) is 10.3. The van der Waals surface area contributed by atoms with E-state index >= 15 is 0 Å². The second kappa shape index (κ2) is 3.05. The van der Waals surface area contributed by atoms with Crippen molar-refractivity contribution in [1.82, 2.24) is 14.4 Å². The second-order valence-electron chi connectivity index (χ2n) is 4.33. The molecule has 2 aromatic rings. The first-order valence-electron chi connectivity index (χ1n) is 4.47. The molecule has 0 radical (unpaired) electrons. The SMILES string of the molecule is CC(C)(C)c1cn2c(Br)cnc2cn1. The predicted octanol–water partition coefficient (Wildman–Crippen LogP) is 2.79. The van der Waals surface area contributed by atoms with Gasteiger partial charge in [0.1, 0.15) is 4.60 Å². The number of aromatic nitrogens is 3. The Balaban J connectivity index is 2.66. The Hall–Kier alpha value is -0.900. The van der Waals surface area contributed by atoms with Gasteiger partial charge < -0.3 is 0 Å². The summed E-state index contributed by atoms with van der Waals surface area (Å²) >= 11 is 3.44. The van der Waals surface area contributed by atoms with Crippen LogP contribution < -0.4 is 0 Å². The first-order valence-corrected chi connectivity index (χ1v) is 5.27. The van der Waals surface area contributed by atoms with Gasteiger partial charge in [-0.15, -0.1) is 0 Å². The summed E-state index contributed by atoms with van der Waals surface area (Å²) in [4.78, 5) is 8.58. The third kappa shape index (κ3) is 1.54. The van der Waals surface area contributed by atoms with Crippen molar-refractivity contribution in [1.29, 1.82) is 0 Å². The van der Waals surface area contributed by atoms with Gasteiger partial charge in [-0.1, -0.05) is 20.8 Å². The number of halogens is 1. The third-order valence-electron chi connectivity index (χ3n) is 2.12. The fourth-order valence-corrected chi connectivity index (χ4v) is 1.63. The van der Waals surface area contributed by atoms with Crippen LogP contribution in [0.4, 0.5) is 0 Å². The van der Waals surface area contributed by atoms with Crippen LogP contribution in [0.25, 0.3) is 5.65 Å². The average molecular weight is 254 g/mol. The molecule has 0 spiro atoms. The molecular weight excluding hydrogens is 242 g/mol. The fraction of sp³-hybridized carbons (Fsp3) is 0.400. The summed E-state index contributed by atoms with van der Waals surface area (Å²) in [6.45, 7) is 6.43. The molecule has 3 nitrogen and oxygen atoms in total. The zero-order valence-corrected chi connectivity index (χ0v) is 10.0. The van der Waals surface area contributed by atoms with Gasteiger partial charge in [-0.05, 0) is 15.9 Å². The Morgan fingerprint density at radius 2 is 1.93 bits per heavy atom. The molecule has 0 saturated carbocycles. The Labute approximate surface area is 91.3 Å². The first-order chi connectivity index (χ1) is 6.48. The average Bonchev–Trinajstić information content (AvgIpc) is 2.46. The quantitative estimate of drug-likeness (QED) is 0.723. The molecule has 0 N–H and O–H groups in total. The van der Waals surface area contributed by atoms with Gasteiger partial charge in [0.2, 0.25) is 0 Å². The van der Waals surface area contributed by atoms with Crippen molar-refractivity contribution in [2.45, 2.75) is 26.2 Å². The molecule has 2 rings (SSSR count). The molecule has 0 bridgehead atoms. The fourth-order valence-electron chi connectivity index (χ4n) is 1.25. The van der Waals surface area contributed by atoms with E-state index in [9.17, 15) is 0 Å². The lowest BCUT2D eigenvalue weighted by Crippen LogP contribution is -2.14. The summed E-state index contributed by atoms with van der Waals surface area (Å²) < 4.78 is 2.95. The topological polar surface area (TPSA) is 30.2 Å². The van der Waals surface area contributed by atoms with Crippen molar-refractivity contribution in [3.63, 3.8) is 0 Å². The van der Waals surface area contributed by atoms with Crippen LogP contribution in [0.5, 0.6) is 0 Å². The number of rotatable bonds is 0. The van der Waals surface area contributed by atoms with Crippen LogP contribution in [0, 0.1) is 0 Å². The summed E-state index contributed by atoms with van der Waals surface area (Å²) in [6.07, 6.45) is 5.60. The van der Waals surface area contributed by atoms with Gasteiger partial charge in [0.25, 0.3) is 0 Å². The van der Waals surface area contributed by atoms with E-state index in [1.807, 2.05) is 10.6 Å². The Morgan fingerprint density at radius 3 is 2.57 bits per heavy atom. The van der Waals surface area contributed by atoms with Crippen LogP contribution in [0.2, 0.25) is 0 Å². The first kappa shape index (κ1) is 9.65. The molecule has 4 heteroatoms. The summed E-state index contributed by atoms with van der Waals surface area (Å²) in [7, 11) is 0. The van der Waals surface area contributed by atoms with E-state index < -0.39 is 0 Å². The number of fused-ring (bicyclic) bond motifs is 1. The highest BCUT2D eigenvalue weighted by atomic mass is 79.9. The van der Waals surface area contributed by atoms with E-state index in [4.69, 9.17) is 0 Å². The van der Waals surface area contributed by atoms with Gasteiger partial charge in [0.05, 0.1) is 18.1 Å². The molecular formula is C10H12BrN3. The lowest BCUT2D eigenvalue weighted by atomic mass is 9.93. The molecule has 0 aliphatic heterocycles. The van der Waals surface area contributed by atoms with Gasteiger partial charge in [-0.25, -0.2) is 4.98 Å². The molecule has 14 heavy (non-hydrogen) atoms. The Morgan fingerprint density at radius 1 is 1.21 bits per heavy atom. The van der Waals surface area contributed by atoms with E-state index in [1.165, 1.54) is 0 Å². The van der Waals surface area contributed by atoms with Crippen LogP contribution in [0.3, 0.4) is 0 Å². The molecule has 0 aliphatic rings. The molecule has 0 unspecified atom stereocenters. The minimum Gasteiger partial charge on any atom is -0.291 e. The highest BCUT2D eigenvalue weighted by Crippen LogP contribution is 2.21. The molecule has 0 amide bonds. The maximum atomic E-state index is 4.39. The lowest BCUT2D eigenvalue weighted by Gasteiger charge is -2.17. The largest absolute Gasteiger partial charge is 0.291 e. The van der Waals surface area contributed by atoms with Crippen LogP contribution in [0.15, 0.2) is 23.2 Å². The minimum atomic E-state index is 0.0674. The van der Waals surface area contributed by atoms with Gasteiger partial charge >= 0.3 is 0 Å². The van der Waals surface area contributed by atoms with E-state index in [1.54, 1.807) is 12.4 Å². The van der Waals surface area contributed by atoms with Crippen molar-refractivity contribution in [3.05, 3.63) is 28.9 Å². The maximum absolute atomic E-state index is 4.39. The molecule has 0 saturated heterocycles. The molecule has 0 aromatic carbocycles. The van der Waals surface area contributed by atoms with Gasteiger partial charge in [0, 0.05) is 11.6 Å². The number of hydrogen-bond acceptors (Lipinski definition) is 2. The molecule has 2 heterocycles. The van der Waals surface area contributed by atoms with Gasteiger partial charge in [0.15, 0.2) is 5.65 Å². The van der Waals surface area contributed by atoms with Crippen molar-refractivity contribution < 1.29 is 0 Å². The minimum absolute atomic E-state index is 0.0674. The third-order valence-corrected chi connectivity index (χ3v) is 2.71. The van der Waals surface area contributed by atoms with Gasteiger partial charge in [-0.3, -0.25) is 9.38 Å². The van der Waals surface area contributed by atoms with Crippen molar-refractivity contribution in [3.8, 4) is 0 Å². The molecule has 0 fully saturated rings. The number of imidazole rings is 1. The van der Waals surface area contributed by atoms with E-state index in [-0.39, 0.29) is 5.41 Å². The number of hydrogen-bond donors (Lipinski definition) is 0.